The molecule has 0 aliphatic heterocycles. The van der Waals surface area contributed by atoms with Crippen LogP contribution in [0.15, 0.2) is 36.5 Å². The Morgan fingerprint density at radius 2 is 2.04 bits per heavy atom. The molecule has 3 amide bonds. The molecule has 9 heteroatoms. The van der Waals surface area contributed by atoms with Gasteiger partial charge >= 0.3 is 6.03 Å². The summed E-state index contributed by atoms with van der Waals surface area (Å²) >= 11 is 1.22. The number of aromatic nitrogens is 1. The minimum absolute atomic E-state index is 0.00976. The molecule has 4 rings (SSSR count). The summed E-state index contributed by atoms with van der Waals surface area (Å²) in [5, 5.41) is 7.93. The van der Waals surface area contributed by atoms with Crippen molar-refractivity contribution in [3.63, 3.8) is 0 Å². The van der Waals surface area contributed by atoms with E-state index in [1.165, 1.54) is 29.7 Å². The molecule has 0 spiro atoms. The Labute approximate surface area is 163 Å². The Bertz CT molecular complexity index is 1060. The molecule has 0 saturated heterocycles. The molecule has 28 heavy (non-hydrogen) atoms. The van der Waals surface area contributed by atoms with Crippen molar-refractivity contribution in [1.82, 2.24) is 15.6 Å². The molecule has 7 nitrogen and oxygen atoms in total. The van der Waals surface area contributed by atoms with Crippen LogP contribution >= 0.6 is 11.3 Å². The van der Waals surface area contributed by atoms with Crippen molar-refractivity contribution in [1.29, 1.82) is 0 Å². The number of carbonyl (C=O) groups is 2. The Morgan fingerprint density at radius 1 is 1.21 bits per heavy atom. The van der Waals surface area contributed by atoms with E-state index in [9.17, 15) is 14.0 Å². The molecule has 1 aromatic carbocycles. The predicted molar refractivity (Wildman–Crippen MR) is 105 cm³/mol. The number of anilines is 1. The zero-order valence-electron chi connectivity index (χ0n) is 14.9. The largest absolute Gasteiger partial charge is 0.453 e. The van der Waals surface area contributed by atoms with E-state index in [1.807, 2.05) is 0 Å². The van der Waals surface area contributed by atoms with E-state index in [0.29, 0.717) is 26.5 Å². The van der Waals surface area contributed by atoms with Gasteiger partial charge in [-0.25, -0.2) is 9.18 Å². The maximum absolute atomic E-state index is 14.5. The van der Waals surface area contributed by atoms with Crippen LogP contribution in [0, 0.1) is 5.82 Å². The number of rotatable bonds is 5. The smallest absolute Gasteiger partial charge is 0.319 e. The number of nitrogens with one attached hydrogen (secondary N) is 3. The summed E-state index contributed by atoms with van der Waals surface area (Å²) in [4.78, 5) is 28.3. The van der Waals surface area contributed by atoms with Gasteiger partial charge in [-0.15, -0.1) is 11.3 Å². The number of amides is 3. The van der Waals surface area contributed by atoms with Gasteiger partial charge in [-0.05, 0) is 31.0 Å². The van der Waals surface area contributed by atoms with Gasteiger partial charge in [-0.2, -0.15) is 0 Å². The Hall–Kier alpha value is -3.20. The van der Waals surface area contributed by atoms with Crippen molar-refractivity contribution in [2.75, 3.05) is 12.4 Å². The lowest BCUT2D eigenvalue weighted by Gasteiger charge is -2.10. The third kappa shape index (κ3) is 3.89. The van der Waals surface area contributed by atoms with E-state index in [1.54, 1.807) is 25.2 Å². The van der Waals surface area contributed by atoms with E-state index < -0.39 is 5.82 Å². The van der Waals surface area contributed by atoms with Crippen LogP contribution in [0.2, 0.25) is 0 Å². The highest BCUT2D eigenvalue weighted by atomic mass is 32.1. The third-order valence-corrected chi connectivity index (χ3v) is 5.29. The first kappa shape index (κ1) is 18.2. The number of urea groups is 1. The third-order valence-electron chi connectivity index (χ3n) is 4.15. The molecule has 0 bridgehead atoms. The molecule has 144 valence electrons. The van der Waals surface area contributed by atoms with Crippen molar-refractivity contribution in [3.8, 4) is 11.5 Å². The molecule has 0 unspecified atom stereocenters. The van der Waals surface area contributed by atoms with Crippen LogP contribution < -0.4 is 20.7 Å². The molecular weight excluding hydrogens is 383 g/mol. The van der Waals surface area contributed by atoms with E-state index in [2.05, 4.69) is 20.9 Å². The number of fused-ring (bicyclic) bond motifs is 1. The summed E-state index contributed by atoms with van der Waals surface area (Å²) in [7, 11) is 1.55. The SMILES string of the molecule is CNC(=O)c1cc2nccc(Oc3ccc(NC(=O)NC4CC4)cc3F)c2s1. The molecule has 1 aliphatic carbocycles. The number of benzene rings is 1. The summed E-state index contributed by atoms with van der Waals surface area (Å²) in [6.07, 6.45) is 3.48. The lowest BCUT2D eigenvalue weighted by atomic mass is 10.3. The zero-order chi connectivity index (χ0) is 19.7. The fourth-order valence-corrected chi connectivity index (χ4v) is 3.60. The second-order valence-electron chi connectivity index (χ2n) is 6.33. The van der Waals surface area contributed by atoms with Gasteiger partial charge in [0.25, 0.3) is 5.91 Å². The second kappa shape index (κ2) is 7.43. The number of hydrogen-bond donors (Lipinski definition) is 3. The van der Waals surface area contributed by atoms with Gasteiger partial charge in [0.05, 0.1) is 15.1 Å². The minimum Gasteiger partial charge on any atom is -0.453 e. The van der Waals surface area contributed by atoms with Gasteiger partial charge in [0.15, 0.2) is 11.6 Å². The normalized spacial score (nSPS) is 13.2. The first-order chi connectivity index (χ1) is 13.5. The summed E-state index contributed by atoms with van der Waals surface area (Å²) in [6, 6.07) is 7.34. The van der Waals surface area contributed by atoms with E-state index in [0.717, 1.165) is 12.8 Å². The van der Waals surface area contributed by atoms with Gasteiger partial charge in [-0.1, -0.05) is 0 Å². The fraction of sp³-hybridized carbons (Fsp3) is 0.211. The maximum atomic E-state index is 14.5. The Balaban J connectivity index is 1.54. The van der Waals surface area contributed by atoms with Gasteiger partial charge in [0, 0.05) is 37.1 Å². The summed E-state index contributed by atoms with van der Waals surface area (Å²) in [5.74, 6) is -0.427. The quantitative estimate of drug-likeness (QED) is 0.606. The number of pyridine rings is 1. The van der Waals surface area contributed by atoms with Crippen LogP contribution in [0.5, 0.6) is 11.5 Å². The van der Waals surface area contributed by atoms with Crippen molar-refractivity contribution >= 4 is 39.2 Å². The Morgan fingerprint density at radius 3 is 2.75 bits per heavy atom. The predicted octanol–water partition coefficient (Wildman–Crippen LogP) is 3.87. The fourth-order valence-electron chi connectivity index (χ4n) is 2.59. The molecule has 3 N–H and O–H groups in total. The summed E-state index contributed by atoms with van der Waals surface area (Å²) < 4.78 is 20.8. The average molecular weight is 400 g/mol. The van der Waals surface area contributed by atoms with Crippen molar-refractivity contribution in [2.45, 2.75) is 18.9 Å². The zero-order valence-corrected chi connectivity index (χ0v) is 15.7. The number of halogens is 1. The van der Waals surface area contributed by atoms with Crippen LogP contribution in [0.25, 0.3) is 10.2 Å². The molecule has 0 atom stereocenters. The maximum Gasteiger partial charge on any atom is 0.319 e. The van der Waals surface area contributed by atoms with E-state index in [4.69, 9.17) is 4.74 Å². The number of carbonyl (C=O) groups excluding carboxylic acids is 2. The summed E-state index contributed by atoms with van der Waals surface area (Å²) in [6.45, 7) is 0. The first-order valence-corrected chi connectivity index (χ1v) is 9.50. The van der Waals surface area contributed by atoms with Crippen LogP contribution in [0.3, 0.4) is 0 Å². The number of ether oxygens (including phenoxy) is 1. The lowest BCUT2D eigenvalue weighted by Crippen LogP contribution is -2.30. The highest BCUT2D eigenvalue weighted by Crippen LogP contribution is 2.36. The number of thiophene rings is 1. The topological polar surface area (TPSA) is 92.3 Å². The molecule has 1 aliphatic rings. The molecule has 0 radical (unpaired) electrons. The van der Waals surface area contributed by atoms with Crippen LogP contribution in [-0.2, 0) is 0 Å². The molecule has 1 saturated carbocycles. The number of nitrogens with zero attached hydrogens (tertiary/aromatic N) is 1. The molecule has 3 aromatic rings. The van der Waals surface area contributed by atoms with Crippen molar-refractivity contribution < 1.29 is 18.7 Å². The van der Waals surface area contributed by atoms with Gasteiger partial charge < -0.3 is 20.7 Å². The van der Waals surface area contributed by atoms with Gasteiger partial charge in [0.2, 0.25) is 0 Å². The van der Waals surface area contributed by atoms with Gasteiger partial charge in [-0.3, -0.25) is 9.78 Å². The second-order valence-corrected chi connectivity index (χ2v) is 7.39. The molecule has 2 heterocycles. The van der Waals surface area contributed by atoms with Crippen LogP contribution in [0.1, 0.15) is 22.5 Å². The standard InChI is InChI=1S/C19H17FN4O3S/c1-21-18(25)16-9-13-17(28-16)15(6-7-22-13)27-14-5-4-11(8-12(14)20)24-19(26)23-10-2-3-10/h4-10H,2-3H2,1H3,(H,21,25)(H2,23,24,26). The van der Waals surface area contributed by atoms with Gasteiger partial charge in [0.1, 0.15) is 5.75 Å². The van der Waals surface area contributed by atoms with Crippen molar-refractivity contribution in [2.24, 2.45) is 0 Å². The lowest BCUT2D eigenvalue weighted by molar-refractivity contribution is 0.0967. The highest BCUT2D eigenvalue weighted by molar-refractivity contribution is 7.21. The number of hydrogen-bond acceptors (Lipinski definition) is 5. The first-order valence-electron chi connectivity index (χ1n) is 8.69. The van der Waals surface area contributed by atoms with E-state index >= 15 is 0 Å². The average Bonchev–Trinajstić information content (AvgIpc) is 3.37. The van der Waals surface area contributed by atoms with E-state index in [-0.39, 0.29) is 23.7 Å². The minimum atomic E-state index is -0.614. The van der Waals surface area contributed by atoms with Crippen LogP contribution in [-0.4, -0.2) is 30.0 Å². The monoisotopic (exact) mass is 400 g/mol. The highest BCUT2D eigenvalue weighted by Gasteiger charge is 2.23. The Kier molecular flexibility index (Phi) is 4.82. The molecule has 2 aromatic heterocycles. The molecule has 1 fully saturated rings. The van der Waals surface area contributed by atoms with Crippen molar-refractivity contribution in [3.05, 3.63) is 47.2 Å². The van der Waals surface area contributed by atoms with Crippen LogP contribution in [0.4, 0.5) is 14.9 Å². The molecular formula is C19H17FN4O3S. The summed E-state index contributed by atoms with van der Waals surface area (Å²) in [5.41, 5.74) is 0.928.